The van der Waals surface area contributed by atoms with Crippen molar-refractivity contribution < 1.29 is 4.52 Å². The molecule has 112 valence electrons. The highest BCUT2D eigenvalue weighted by atomic mass is 16.5. The zero-order valence-corrected chi connectivity index (χ0v) is 12.7. The number of rotatable bonds is 5. The van der Waals surface area contributed by atoms with E-state index in [-0.39, 0.29) is 0 Å². The smallest absolute Gasteiger partial charge is 0.223 e. The molecule has 0 spiro atoms. The number of likely N-dealkylation sites (N-methyl/N-ethyl adjacent to an activating group) is 1. The van der Waals surface area contributed by atoms with Crippen LogP contribution in [0.1, 0.15) is 43.8 Å². The minimum atomic E-state index is 0.634. The summed E-state index contributed by atoms with van der Waals surface area (Å²) in [6.07, 6.45) is 7.04. The molecule has 5 heteroatoms. The van der Waals surface area contributed by atoms with Gasteiger partial charge in [-0.15, -0.1) is 0 Å². The second kappa shape index (κ2) is 6.22. The Balaban J connectivity index is 1.46. The summed E-state index contributed by atoms with van der Waals surface area (Å²) >= 11 is 0. The molecule has 0 aromatic carbocycles. The molecule has 1 aromatic heterocycles. The predicted octanol–water partition coefficient (Wildman–Crippen LogP) is 2.07. The minimum absolute atomic E-state index is 0.634. The number of hydrogen-bond acceptors (Lipinski definition) is 5. The number of aryl methyl sites for hydroxylation is 1. The molecule has 2 heterocycles. The molecular weight excluding hydrogens is 252 g/mol. The van der Waals surface area contributed by atoms with Gasteiger partial charge >= 0.3 is 0 Å². The summed E-state index contributed by atoms with van der Waals surface area (Å²) in [7, 11) is 2.18. The highest BCUT2D eigenvalue weighted by molar-refractivity contribution is 4.88. The second-order valence-corrected chi connectivity index (χ2v) is 6.50. The van der Waals surface area contributed by atoms with Crippen molar-refractivity contribution in [1.29, 1.82) is 0 Å². The number of hydrogen-bond donors (Lipinski definition) is 0. The maximum absolute atomic E-state index is 5.04. The van der Waals surface area contributed by atoms with E-state index in [9.17, 15) is 0 Å². The van der Waals surface area contributed by atoms with E-state index in [1.165, 1.54) is 51.7 Å². The fourth-order valence-corrected chi connectivity index (χ4v) is 3.65. The van der Waals surface area contributed by atoms with Crippen LogP contribution < -0.4 is 0 Å². The van der Waals surface area contributed by atoms with Gasteiger partial charge in [0.1, 0.15) is 0 Å². The van der Waals surface area contributed by atoms with Gasteiger partial charge < -0.3 is 9.42 Å². The van der Waals surface area contributed by atoms with Crippen LogP contribution in [0.4, 0.5) is 0 Å². The van der Waals surface area contributed by atoms with Crippen LogP contribution in [0.25, 0.3) is 0 Å². The lowest BCUT2D eigenvalue weighted by Gasteiger charge is -2.24. The third-order valence-corrected chi connectivity index (χ3v) is 4.82. The molecule has 20 heavy (non-hydrogen) atoms. The Morgan fingerprint density at radius 1 is 1.30 bits per heavy atom. The molecule has 0 bridgehead atoms. The average Bonchev–Trinajstić information content (AvgIpc) is 3.12. The molecular formula is C15H26N4O. The van der Waals surface area contributed by atoms with Crippen LogP contribution in [0.5, 0.6) is 0 Å². The summed E-state index contributed by atoms with van der Waals surface area (Å²) in [5.41, 5.74) is 0. The largest absolute Gasteiger partial charge is 0.340 e. The second-order valence-electron chi connectivity index (χ2n) is 6.50. The molecule has 3 rings (SSSR count). The number of nitrogens with zero attached hydrogens (tertiary/aromatic N) is 4. The van der Waals surface area contributed by atoms with Gasteiger partial charge in [0.2, 0.25) is 5.89 Å². The Labute approximate surface area is 121 Å². The first-order valence-corrected chi connectivity index (χ1v) is 7.92. The summed E-state index contributed by atoms with van der Waals surface area (Å²) in [4.78, 5) is 9.32. The highest BCUT2D eigenvalue weighted by Crippen LogP contribution is 2.27. The van der Waals surface area contributed by atoms with Gasteiger partial charge in [-0.05, 0) is 38.8 Å². The van der Waals surface area contributed by atoms with Crippen LogP contribution >= 0.6 is 0 Å². The van der Waals surface area contributed by atoms with E-state index in [1.54, 1.807) is 0 Å². The summed E-state index contributed by atoms with van der Waals surface area (Å²) in [6.45, 7) is 6.39. The molecule has 1 aromatic rings. The Bertz CT molecular complexity index is 427. The summed E-state index contributed by atoms with van der Waals surface area (Å²) in [5, 5.41) is 3.99. The van der Waals surface area contributed by atoms with Gasteiger partial charge in [0.05, 0.1) is 6.54 Å². The third-order valence-electron chi connectivity index (χ3n) is 4.82. The van der Waals surface area contributed by atoms with Crippen LogP contribution in [0.2, 0.25) is 0 Å². The molecule has 2 aliphatic rings. The molecule has 1 unspecified atom stereocenters. The van der Waals surface area contributed by atoms with Gasteiger partial charge in [-0.1, -0.05) is 18.0 Å². The van der Waals surface area contributed by atoms with E-state index in [1.807, 2.05) is 6.92 Å². The van der Waals surface area contributed by atoms with Gasteiger partial charge in [0.15, 0.2) is 5.82 Å². The van der Waals surface area contributed by atoms with Crippen molar-refractivity contribution in [3.63, 3.8) is 0 Å². The van der Waals surface area contributed by atoms with E-state index in [2.05, 4.69) is 27.0 Å². The van der Waals surface area contributed by atoms with Crippen molar-refractivity contribution in [2.24, 2.45) is 5.92 Å². The van der Waals surface area contributed by atoms with E-state index < -0.39 is 0 Å². The quantitative estimate of drug-likeness (QED) is 0.825. The fourth-order valence-electron chi connectivity index (χ4n) is 3.65. The molecule has 0 N–H and O–H groups in total. The van der Waals surface area contributed by atoms with Gasteiger partial charge in [-0.3, -0.25) is 4.90 Å². The molecule has 0 amide bonds. The van der Waals surface area contributed by atoms with Gasteiger partial charge in [-0.2, -0.15) is 4.98 Å². The fraction of sp³-hybridized carbons (Fsp3) is 0.867. The first kappa shape index (κ1) is 14.0. The molecule has 2 fully saturated rings. The first-order chi connectivity index (χ1) is 9.70. The Hall–Kier alpha value is -0.940. The van der Waals surface area contributed by atoms with E-state index in [4.69, 9.17) is 4.52 Å². The van der Waals surface area contributed by atoms with Crippen molar-refractivity contribution >= 4 is 0 Å². The SMILES string of the molecule is Cc1nc(CN(C)C2CCN(CC3CCCC3)C2)no1. The lowest BCUT2D eigenvalue weighted by Crippen LogP contribution is -2.35. The number of likely N-dealkylation sites (tertiary alicyclic amines) is 1. The predicted molar refractivity (Wildman–Crippen MR) is 77.3 cm³/mol. The molecule has 1 saturated carbocycles. The van der Waals surface area contributed by atoms with Gasteiger partial charge in [-0.25, -0.2) is 0 Å². The lowest BCUT2D eigenvalue weighted by molar-refractivity contribution is 0.208. The van der Waals surface area contributed by atoms with Gasteiger partial charge in [0.25, 0.3) is 0 Å². The highest BCUT2D eigenvalue weighted by Gasteiger charge is 2.28. The van der Waals surface area contributed by atoms with Crippen molar-refractivity contribution in [2.45, 2.75) is 51.6 Å². The Kier molecular flexibility index (Phi) is 4.36. The third kappa shape index (κ3) is 3.38. The zero-order chi connectivity index (χ0) is 13.9. The zero-order valence-electron chi connectivity index (χ0n) is 12.7. The number of aromatic nitrogens is 2. The van der Waals surface area contributed by atoms with Crippen molar-refractivity contribution in [2.75, 3.05) is 26.7 Å². The van der Waals surface area contributed by atoms with Crippen LogP contribution in [-0.4, -0.2) is 52.7 Å². The molecule has 0 radical (unpaired) electrons. The van der Waals surface area contributed by atoms with Crippen molar-refractivity contribution in [3.8, 4) is 0 Å². The van der Waals surface area contributed by atoms with Gasteiger partial charge in [0, 0.05) is 26.1 Å². The molecule has 1 aliphatic heterocycles. The van der Waals surface area contributed by atoms with Crippen molar-refractivity contribution in [1.82, 2.24) is 19.9 Å². The van der Waals surface area contributed by atoms with E-state index >= 15 is 0 Å². The van der Waals surface area contributed by atoms with Crippen LogP contribution in [0.15, 0.2) is 4.52 Å². The lowest BCUT2D eigenvalue weighted by atomic mass is 10.1. The summed E-state index contributed by atoms with van der Waals surface area (Å²) in [5.74, 6) is 2.42. The minimum Gasteiger partial charge on any atom is -0.340 e. The summed E-state index contributed by atoms with van der Waals surface area (Å²) < 4.78 is 5.04. The summed E-state index contributed by atoms with van der Waals surface area (Å²) in [6, 6.07) is 0.634. The van der Waals surface area contributed by atoms with E-state index in [0.29, 0.717) is 11.9 Å². The maximum atomic E-state index is 5.04. The first-order valence-electron chi connectivity index (χ1n) is 7.92. The Morgan fingerprint density at radius 2 is 2.10 bits per heavy atom. The molecule has 1 saturated heterocycles. The molecule has 1 aliphatic carbocycles. The van der Waals surface area contributed by atoms with Crippen molar-refractivity contribution in [3.05, 3.63) is 11.7 Å². The average molecular weight is 278 g/mol. The Morgan fingerprint density at radius 3 is 2.80 bits per heavy atom. The topological polar surface area (TPSA) is 45.4 Å². The van der Waals surface area contributed by atoms with Crippen LogP contribution in [0.3, 0.4) is 0 Å². The molecule has 1 atom stereocenters. The van der Waals surface area contributed by atoms with Crippen LogP contribution in [0, 0.1) is 12.8 Å². The van der Waals surface area contributed by atoms with Crippen LogP contribution in [-0.2, 0) is 6.54 Å². The maximum Gasteiger partial charge on any atom is 0.223 e. The normalized spacial score (nSPS) is 25.1. The van der Waals surface area contributed by atoms with E-state index in [0.717, 1.165) is 18.3 Å². The monoisotopic (exact) mass is 278 g/mol. The standard InChI is InChI=1S/C15H26N4O/c1-12-16-15(17-20-12)11-18(2)14-7-8-19(10-14)9-13-5-3-4-6-13/h13-14H,3-11H2,1-2H3. The molecule has 5 nitrogen and oxygen atoms in total.